The van der Waals surface area contributed by atoms with E-state index in [0.717, 1.165) is 45.0 Å². The highest BCUT2D eigenvalue weighted by Gasteiger charge is 2.24. The molecule has 1 aromatic rings. The van der Waals surface area contributed by atoms with E-state index >= 15 is 0 Å². The summed E-state index contributed by atoms with van der Waals surface area (Å²) in [6, 6.07) is 7.58. The minimum Gasteiger partial charge on any atom is -0.462 e. The number of esters is 1. The van der Waals surface area contributed by atoms with Gasteiger partial charge in [-0.3, -0.25) is 0 Å². The molecule has 1 heterocycles. The molecule has 6 heteroatoms. The highest BCUT2D eigenvalue weighted by molar-refractivity contribution is 5.89. The molecule has 0 radical (unpaired) electrons. The van der Waals surface area contributed by atoms with Gasteiger partial charge in [-0.15, -0.1) is 0 Å². The third-order valence-corrected chi connectivity index (χ3v) is 4.33. The molecule has 1 aliphatic rings. The van der Waals surface area contributed by atoms with Gasteiger partial charge in [0.2, 0.25) is 0 Å². The summed E-state index contributed by atoms with van der Waals surface area (Å²) in [7, 11) is 0. The Morgan fingerprint density at radius 2 is 1.58 bits per heavy atom. The molecule has 0 N–H and O–H groups in total. The molecule has 1 aliphatic heterocycles. The molecule has 0 aliphatic carbocycles. The lowest BCUT2D eigenvalue weighted by molar-refractivity contribution is 0.0526. The predicted octanol–water partition coefficient (Wildman–Crippen LogP) is 2.45. The van der Waals surface area contributed by atoms with Crippen LogP contribution in [0.3, 0.4) is 0 Å². The van der Waals surface area contributed by atoms with Crippen LogP contribution in [-0.4, -0.2) is 67.7 Å². The summed E-state index contributed by atoms with van der Waals surface area (Å²) in [4.78, 5) is 30.1. The second kappa shape index (κ2) is 8.57. The molecule has 2 rings (SSSR count). The Morgan fingerprint density at radius 1 is 1.00 bits per heavy atom. The topological polar surface area (TPSA) is 53.1 Å². The lowest BCUT2D eigenvalue weighted by Gasteiger charge is -2.38. The average Bonchev–Trinajstić information content (AvgIpc) is 2.63. The molecule has 0 unspecified atom stereocenters. The maximum Gasteiger partial charge on any atom is 0.338 e. The first kappa shape index (κ1) is 18.1. The van der Waals surface area contributed by atoms with E-state index in [-0.39, 0.29) is 12.0 Å². The number of ether oxygens (including phenoxy) is 1. The molecule has 1 saturated heterocycles. The van der Waals surface area contributed by atoms with Crippen molar-refractivity contribution in [2.45, 2.75) is 20.8 Å². The molecule has 0 spiro atoms. The number of anilines is 1. The summed E-state index contributed by atoms with van der Waals surface area (Å²) in [6.07, 6.45) is 0. The number of hydrogen-bond acceptors (Lipinski definition) is 4. The number of amides is 2. The van der Waals surface area contributed by atoms with Crippen molar-refractivity contribution in [3.8, 4) is 0 Å². The fourth-order valence-corrected chi connectivity index (χ4v) is 2.87. The van der Waals surface area contributed by atoms with Crippen molar-refractivity contribution in [3.05, 3.63) is 29.8 Å². The number of rotatable bonds is 5. The van der Waals surface area contributed by atoms with Crippen LogP contribution in [0.4, 0.5) is 10.5 Å². The zero-order valence-corrected chi connectivity index (χ0v) is 14.8. The standard InChI is InChI=1S/C18H27N3O3/c1-4-19(5-2)18(23)21-13-11-20(12-14-21)16-9-7-15(8-10-16)17(22)24-6-3/h7-10H,4-6,11-14H2,1-3H3. The summed E-state index contributed by atoms with van der Waals surface area (Å²) in [5, 5.41) is 0. The molecule has 0 bridgehead atoms. The van der Waals surface area contributed by atoms with Crippen LogP contribution in [0.1, 0.15) is 31.1 Å². The van der Waals surface area contributed by atoms with E-state index in [4.69, 9.17) is 4.74 Å². The highest BCUT2D eigenvalue weighted by Crippen LogP contribution is 2.18. The molecule has 0 saturated carbocycles. The lowest BCUT2D eigenvalue weighted by atomic mass is 10.2. The molecular weight excluding hydrogens is 306 g/mol. The number of carbonyl (C=O) groups excluding carboxylic acids is 2. The van der Waals surface area contributed by atoms with Gasteiger partial charge in [0.1, 0.15) is 0 Å². The third kappa shape index (κ3) is 4.19. The molecule has 24 heavy (non-hydrogen) atoms. The van der Waals surface area contributed by atoms with Crippen molar-refractivity contribution in [2.75, 3.05) is 50.8 Å². The molecule has 132 valence electrons. The number of nitrogens with zero attached hydrogens (tertiary/aromatic N) is 3. The van der Waals surface area contributed by atoms with Gasteiger partial charge in [-0.1, -0.05) is 0 Å². The summed E-state index contributed by atoms with van der Waals surface area (Å²) in [6.45, 7) is 10.7. The Morgan fingerprint density at radius 3 is 2.08 bits per heavy atom. The van der Waals surface area contributed by atoms with Gasteiger partial charge in [-0.25, -0.2) is 9.59 Å². The Kier molecular flexibility index (Phi) is 6.46. The maximum atomic E-state index is 12.4. The lowest BCUT2D eigenvalue weighted by Crippen LogP contribution is -2.52. The number of piperazine rings is 1. The van der Waals surface area contributed by atoms with Crippen LogP contribution in [0.15, 0.2) is 24.3 Å². The predicted molar refractivity (Wildman–Crippen MR) is 94.5 cm³/mol. The highest BCUT2D eigenvalue weighted by atomic mass is 16.5. The van der Waals surface area contributed by atoms with Gasteiger partial charge >= 0.3 is 12.0 Å². The molecule has 1 aromatic carbocycles. The van der Waals surface area contributed by atoms with Crippen molar-refractivity contribution in [1.82, 2.24) is 9.80 Å². The molecule has 6 nitrogen and oxygen atoms in total. The maximum absolute atomic E-state index is 12.4. The van der Waals surface area contributed by atoms with E-state index in [1.807, 2.05) is 35.8 Å². The number of urea groups is 1. The van der Waals surface area contributed by atoms with Crippen LogP contribution in [-0.2, 0) is 4.74 Å². The smallest absolute Gasteiger partial charge is 0.338 e. The van der Waals surface area contributed by atoms with Crippen LogP contribution in [0.25, 0.3) is 0 Å². The van der Waals surface area contributed by atoms with Gasteiger partial charge in [0.05, 0.1) is 12.2 Å². The first-order valence-corrected chi connectivity index (χ1v) is 8.66. The molecule has 0 atom stereocenters. The molecule has 2 amide bonds. The Labute approximate surface area is 144 Å². The van der Waals surface area contributed by atoms with Gasteiger partial charge in [-0.05, 0) is 45.0 Å². The SMILES string of the molecule is CCOC(=O)c1ccc(N2CCN(C(=O)N(CC)CC)CC2)cc1. The summed E-state index contributed by atoms with van der Waals surface area (Å²) in [5.74, 6) is -0.293. The number of benzene rings is 1. The minimum atomic E-state index is -0.293. The van der Waals surface area contributed by atoms with Crippen molar-refractivity contribution < 1.29 is 14.3 Å². The average molecular weight is 333 g/mol. The van der Waals surface area contributed by atoms with E-state index in [1.54, 1.807) is 19.1 Å². The first-order chi connectivity index (χ1) is 11.6. The van der Waals surface area contributed by atoms with Gasteiger partial charge < -0.3 is 19.4 Å². The van der Waals surface area contributed by atoms with Gasteiger partial charge in [0.25, 0.3) is 0 Å². The molecule has 0 aromatic heterocycles. The normalized spacial score (nSPS) is 14.5. The largest absolute Gasteiger partial charge is 0.462 e. The Balaban J connectivity index is 1.92. The number of carbonyl (C=O) groups is 2. The Hall–Kier alpha value is -2.24. The van der Waals surface area contributed by atoms with E-state index in [0.29, 0.717) is 12.2 Å². The van der Waals surface area contributed by atoms with E-state index < -0.39 is 0 Å². The van der Waals surface area contributed by atoms with Crippen molar-refractivity contribution in [2.24, 2.45) is 0 Å². The van der Waals surface area contributed by atoms with Gasteiger partial charge in [0.15, 0.2) is 0 Å². The van der Waals surface area contributed by atoms with E-state index in [9.17, 15) is 9.59 Å². The fourth-order valence-electron chi connectivity index (χ4n) is 2.87. The molecule has 1 fully saturated rings. The second-order valence-corrected chi connectivity index (χ2v) is 5.70. The third-order valence-electron chi connectivity index (χ3n) is 4.33. The van der Waals surface area contributed by atoms with Gasteiger partial charge in [0, 0.05) is 45.0 Å². The second-order valence-electron chi connectivity index (χ2n) is 5.70. The molecular formula is C18H27N3O3. The quantitative estimate of drug-likeness (QED) is 0.777. The summed E-state index contributed by atoms with van der Waals surface area (Å²) in [5.41, 5.74) is 1.63. The zero-order chi connectivity index (χ0) is 17.5. The van der Waals surface area contributed by atoms with Crippen molar-refractivity contribution in [3.63, 3.8) is 0 Å². The monoisotopic (exact) mass is 333 g/mol. The van der Waals surface area contributed by atoms with Crippen LogP contribution in [0, 0.1) is 0 Å². The van der Waals surface area contributed by atoms with Crippen molar-refractivity contribution >= 4 is 17.7 Å². The Bertz CT molecular complexity index is 547. The fraction of sp³-hybridized carbons (Fsp3) is 0.556. The van der Waals surface area contributed by atoms with Crippen LogP contribution in [0.2, 0.25) is 0 Å². The van der Waals surface area contributed by atoms with E-state index in [1.165, 1.54) is 0 Å². The van der Waals surface area contributed by atoms with Gasteiger partial charge in [-0.2, -0.15) is 0 Å². The number of hydrogen-bond donors (Lipinski definition) is 0. The van der Waals surface area contributed by atoms with Crippen molar-refractivity contribution in [1.29, 1.82) is 0 Å². The van der Waals surface area contributed by atoms with Crippen LogP contribution >= 0.6 is 0 Å². The summed E-state index contributed by atoms with van der Waals surface area (Å²) >= 11 is 0. The van der Waals surface area contributed by atoms with Crippen LogP contribution < -0.4 is 4.90 Å². The minimum absolute atomic E-state index is 0.123. The van der Waals surface area contributed by atoms with E-state index in [2.05, 4.69) is 4.90 Å². The zero-order valence-electron chi connectivity index (χ0n) is 14.8. The van der Waals surface area contributed by atoms with Crippen LogP contribution in [0.5, 0.6) is 0 Å². The summed E-state index contributed by atoms with van der Waals surface area (Å²) < 4.78 is 5.00. The first-order valence-electron chi connectivity index (χ1n) is 8.66.